The van der Waals surface area contributed by atoms with Gasteiger partial charge in [-0.05, 0) is 10.8 Å². The lowest BCUT2D eigenvalue weighted by Gasteiger charge is -2.51. The second-order valence-corrected chi connectivity index (χ2v) is 6.18. The summed E-state index contributed by atoms with van der Waals surface area (Å²) >= 11 is 0. The molecule has 3 heteroatoms. The van der Waals surface area contributed by atoms with Gasteiger partial charge in [0.05, 0.1) is 0 Å². The van der Waals surface area contributed by atoms with Crippen LogP contribution in [0.5, 0.6) is 0 Å². The predicted octanol–water partition coefficient (Wildman–Crippen LogP) is 1.83. The molecular weight excluding hydrogens is 178 g/mol. The fourth-order valence-electron chi connectivity index (χ4n) is 2.31. The fourth-order valence-corrected chi connectivity index (χ4v) is 2.31. The van der Waals surface area contributed by atoms with Crippen molar-refractivity contribution in [1.82, 2.24) is 4.90 Å². The molecule has 0 aromatic heterocycles. The Labute approximate surface area is 86.1 Å². The van der Waals surface area contributed by atoms with Crippen molar-refractivity contribution in [3.8, 4) is 0 Å². The van der Waals surface area contributed by atoms with Crippen molar-refractivity contribution < 1.29 is 9.90 Å². The molecule has 1 atom stereocenters. The molecule has 1 rings (SSSR count). The van der Waals surface area contributed by atoms with Gasteiger partial charge in [-0.15, -0.1) is 0 Å². The van der Waals surface area contributed by atoms with Crippen LogP contribution >= 0.6 is 0 Å². The summed E-state index contributed by atoms with van der Waals surface area (Å²) in [6.07, 6.45) is 0. The normalized spacial score (nSPS) is 24.1. The Morgan fingerprint density at radius 2 is 1.79 bits per heavy atom. The first-order valence-corrected chi connectivity index (χ1v) is 5.10. The molecule has 0 aliphatic carbocycles. The maximum absolute atomic E-state index is 11.1. The van der Waals surface area contributed by atoms with E-state index in [1.54, 1.807) is 0 Å². The summed E-state index contributed by atoms with van der Waals surface area (Å²) in [4.78, 5) is 13.2. The summed E-state index contributed by atoms with van der Waals surface area (Å²) in [6.45, 7) is 12.1. The van der Waals surface area contributed by atoms with E-state index >= 15 is 0 Å². The second kappa shape index (κ2) is 3.23. The molecule has 0 aromatic rings. The molecule has 1 aliphatic heterocycles. The molecule has 0 spiro atoms. The fraction of sp³-hybridized carbons (Fsp3) is 0.909. The van der Waals surface area contributed by atoms with Gasteiger partial charge in [-0.25, -0.2) is 0 Å². The number of carbonyl (C=O) groups is 1. The SMILES string of the molecule is CC1(C)CN(C(C(=O)O)C(C)(C)C)C1. The minimum Gasteiger partial charge on any atom is -0.480 e. The van der Waals surface area contributed by atoms with E-state index < -0.39 is 5.97 Å². The second-order valence-electron chi connectivity index (χ2n) is 6.18. The molecule has 3 nitrogen and oxygen atoms in total. The molecule has 0 aromatic carbocycles. The summed E-state index contributed by atoms with van der Waals surface area (Å²) in [5.74, 6) is -0.701. The number of carboxylic acid groups (broad SMARTS) is 1. The highest BCUT2D eigenvalue weighted by Gasteiger charge is 2.45. The third kappa shape index (κ3) is 2.27. The van der Waals surface area contributed by atoms with Gasteiger partial charge in [0.25, 0.3) is 0 Å². The van der Waals surface area contributed by atoms with E-state index in [1.165, 1.54) is 0 Å². The molecule has 1 heterocycles. The summed E-state index contributed by atoms with van der Waals surface area (Å²) in [7, 11) is 0. The smallest absolute Gasteiger partial charge is 0.321 e. The average molecular weight is 199 g/mol. The third-order valence-corrected chi connectivity index (χ3v) is 2.68. The van der Waals surface area contributed by atoms with E-state index in [2.05, 4.69) is 18.7 Å². The molecular formula is C11H21NO2. The van der Waals surface area contributed by atoms with Gasteiger partial charge < -0.3 is 5.11 Å². The number of nitrogens with zero attached hydrogens (tertiary/aromatic N) is 1. The Bertz CT molecular complexity index is 232. The topological polar surface area (TPSA) is 40.5 Å². The van der Waals surface area contributed by atoms with E-state index in [0.29, 0.717) is 5.41 Å². The van der Waals surface area contributed by atoms with Crippen LogP contribution < -0.4 is 0 Å². The monoisotopic (exact) mass is 199 g/mol. The van der Waals surface area contributed by atoms with E-state index in [-0.39, 0.29) is 11.5 Å². The summed E-state index contributed by atoms with van der Waals surface area (Å²) < 4.78 is 0. The van der Waals surface area contributed by atoms with Crippen molar-refractivity contribution in [1.29, 1.82) is 0 Å². The summed E-state index contributed by atoms with van der Waals surface area (Å²) in [5.41, 5.74) is 0.0985. The lowest BCUT2D eigenvalue weighted by molar-refractivity contribution is -0.154. The molecule has 0 bridgehead atoms. The number of aliphatic carboxylic acids is 1. The van der Waals surface area contributed by atoms with Gasteiger partial charge in [-0.2, -0.15) is 0 Å². The van der Waals surface area contributed by atoms with Crippen molar-refractivity contribution >= 4 is 5.97 Å². The molecule has 1 aliphatic rings. The predicted molar refractivity (Wildman–Crippen MR) is 56.2 cm³/mol. The van der Waals surface area contributed by atoms with E-state index in [0.717, 1.165) is 13.1 Å². The zero-order valence-electron chi connectivity index (χ0n) is 9.79. The molecule has 82 valence electrons. The standard InChI is InChI=1S/C11H21NO2/c1-10(2,3)8(9(13)14)12-6-11(4,5)7-12/h8H,6-7H2,1-5H3,(H,13,14). The highest BCUT2D eigenvalue weighted by atomic mass is 16.4. The first-order valence-electron chi connectivity index (χ1n) is 5.10. The molecule has 14 heavy (non-hydrogen) atoms. The quantitative estimate of drug-likeness (QED) is 0.737. The Kier molecular flexibility index (Phi) is 2.65. The Morgan fingerprint density at radius 3 is 2.00 bits per heavy atom. The van der Waals surface area contributed by atoms with Gasteiger partial charge in [0.1, 0.15) is 6.04 Å². The van der Waals surface area contributed by atoms with Gasteiger partial charge in [-0.3, -0.25) is 9.69 Å². The maximum Gasteiger partial charge on any atom is 0.321 e. The molecule has 0 radical (unpaired) electrons. The van der Waals surface area contributed by atoms with Crippen molar-refractivity contribution in [3.63, 3.8) is 0 Å². The van der Waals surface area contributed by atoms with Gasteiger partial charge in [0.2, 0.25) is 0 Å². The van der Waals surface area contributed by atoms with Crippen LogP contribution in [0.1, 0.15) is 34.6 Å². The van der Waals surface area contributed by atoms with Crippen LogP contribution in [0.25, 0.3) is 0 Å². The zero-order chi connectivity index (χ0) is 11.1. The number of hydrogen-bond donors (Lipinski definition) is 1. The van der Waals surface area contributed by atoms with E-state index in [4.69, 9.17) is 0 Å². The Hall–Kier alpha value is -0.570. The van der Waals surface area contributed by atoms with Gasteiger partial charge in [0, 0.05) is 13.1 Å². The van der Waals surface area contributed by atoms with Crippen LogP contribution in [0.15, 0.2) is 0 Å². The van der Waals surface area contributed by atoms with Crippen LogP contribution in [0.2, 0.25) is 0 Å². The lowest BCUT2D eigenvalue weighted by atomic mass is 9.77. The van der Waals surface area contributed by atoms with Crippen LogP contribution in [-0.4, -0.2) is 35.1 Å². The number of likely N-dealkylation sites (tertiary alicyclic amines) is 1. The maximum atomic E-state index is 11.1. The highest BCUT2D eigenvalue weighted by molar-refractivity contribution is 5.74. The van der Waals surface area contributed by atoms with Crippen molar-refractivity contribution in [2.45, 2.75) is 40.7 Å². The first-order chi connectivity index (χ1) is 6.13. The number of carboxylic acids is 1. The zero-order valence-corrected chi connectivity index (χ0v) is 9.79. The molecule has 1 N–H and O–H groups in total. The minimum absolute atomic E-state index is 0.192. The molecule has 0 amide bonds. The van der Waals surface area contributed by atoms with Gasteiger partial charge in [0.15, 0.2) is 0 Å². The van der Waals surface area contributed by atoms with Crippen LogP contribution in [0, 0.1) is 10.8 Å². The Balaban J connectivity index is 2.69. The largest absolute Gasteiger partial charge is 0.480 e. The average Bonchev–Trinajstić information content (AvgIpc) is 1.77. The summed E-state index contributed by atoms with van der Waals surface area (Å²) in [5, 5.41) is 9.17. The van der Waals surface area contributed by atoms with Crippen LogP contribution in [0.4, 0.5) is 0 Å². The van der Waals surface area contributed by atoms with E-state index in [9.17, 15) is 9.90 Å². The van der Waals surface area contributed by atoms with Crippen molar-refractivity contribution in [2.24, 2.45) is 10.8 Å². The van der Waals surface area contributed by atoms with Crippen LogP contribution in [-0.2, 0) is 4.79 Å². The first kappa shape index (κ1) is 11.5. The van der Waals surface area contributed by atoms with Crippen molar-refractivity contribution in [3.05, 3.63) is 0 Å². The number of hydrogen-bond acceptors (Lipinski definition) is 2. The summed E-state index contributed by atoms with van der Waals surface area (Å²) in [6, 6.07) is -0.351. The Morgan fingerprint density at radius 1 is 1.36 bits per heavy atom. The lowest BCUT2D eigenvalue weighted by Crippen LogP contribution is -2.62. The molecule has 1 unspecified atom stereocenters. The van der Waals surface area contributed by atoms with Gasteiger partial charge >= 0.3 is 5.97 Å². The molecule has 0 saturated carbocycles. The molecule has 1 fully saturated rings. The minimum atomic E-state index is -0.701. The number of rotatable bonds is 2. The van der Waals surface area contributed by atoms with Crippen molar-refractivity contribution in [2.75, 3.05) is 13.1 Å². The highest BCUT2D eigenvalue weighted by Crippen LogP contribution is 2.36. The molecule has 1 saturated heterocycles. The van der Waals surface area contributed by atoms with Gasteiger partial charge in [-0.1, -0.05) is 34.6 Å². The van der Waals surface area contributed by atoms with Crippen LogP contribution in [0.3, 0.4) is 0 Å². The third-order valence-electron chi connectivity index (χ3n) is 2.68. The van der Waals surface area contributed by atoms with E-state index in [1.807, 2.05) is 20.8 Å².